The maximum Gasteiger partial charge on any atom is -0.0230 e. The van der Waals surface area contributed by atoms with Crippen LogP contribution in [0, 0.1) is 0 Å². The van der Waals surface area contributed by atoms with Crippen LogP contribution < -0.4 is 0 Å². The molecule has 0 aliphatic heterocycles. The molecule has 0 bridgehead atoms. The summed E-state index contributed by atoms with van der Waals surface area (Å²) in [5, 5.41) is 0. The first kappa shape index (κ1) is 18.4. The average Bonchev–Trinajstić information content (AvgIpc) is 2.38. The van der Waals surface area contributed by atoms with Gasteiger partial charge in [0.05, 0.1) is 0 Å². The lowest BCUT2D eigenvalue weighted by Gasteiger charge is -2.36. The van der Waals surface area contributed by atoms with Crippen LogP contribution in [0.1, 0.15) is 85.0 Å². The van der Waals surface area contributed by atoms with Gasteiger partial charge in [-0.1, -0.05) is 65.7 Å². The molecule has 0 aromatic carbocycles. The predicted molar refractivity (Wildman–Crippen MR) is 91.3 cm³/mol. The van der Waals surface area contributed by atoms with Crippen LogP contribution in [-0.2, 0) is 0 Å². The summed E-state index contributed by atoms with van der Waals surface area (Å²) in [5.41, 5.74) is 0. The Hall–Kier alpha value is 0.350. The molecule has 0 aliphatic carbocycles. The van der Waals surface area contributed by atoms with Gasteiger partial charge in [-0.3, -0.25) is 0 Å². The van der Waals surface area contributed by atoms with Crippen molar-refractivity contribution >= 4 is 10.0 Å². The minimum absolute atomic E-state index is 0.262. The minimum Gasteiger partial charge on any atom is -0.244 e. The van der Waals surface area contributed by atoms with Crippen LogP contribution in [0.5, 0.6) is 0 Å². The molecule has 0 atom stereocenters. The fourth-order valence-corrected chi connectivity index (χ4v) is 5.95. The molecule has 0 aromatic heterocycles. The lowest BCUT2D eigenvalue weighted by atomic mass is 10.2. The Balaban J connectivity index is 3.90. The molecule has 0 amide bonds. The molecule has 1 heteroatoms. The molecule has 0 aromatic rings. The fourth-order valence-electron chi connectivity index (χ4n) is 2.55. The summed E-state index contributed by atoms with van der Waals surface area (Å²) in [6, 6.07) is 0. The van der Waals surface area contributed by atoms with Gasteiger partial charge in [0.1, 0.15) is 0 Å². The third kappa shape index (κ3) is 10.3. The highest BCUT2D eigenvalue weighted by Crippen LogP contribution is 2.46. The maximum atomic E-state index is 2.64. The smallest absolute Gasteiger partial charge is 0.0230 e. The summed E-state index contributed by atoms with van der Waals surface area (Å²) in [5.74, 6) is 4.65. The Bertz CT molecular complexity index is 153. The Morgan fingerprint density at radius 3 is 1.28 bits per heavy atom. The van der Waals surface area contributed by atoms with E-state index in [2.05, 4.69) is 27.0 Å². The Morgan fingerprint density at radius 2 is 0.889 bits per heavy atom. The van der Waals surface area contributed by atoms with Gasteiger partial charge in [0.2, 0.25) is 0 Å². The van der Waals surface area contributed by atoms with Crippen LogP contribution in [0.3, 0.4) is 0 Å². The average molecular weight is 275 g/mol. The van der Waals surface area contributed by atoms with Gasteiger partial charge in [-0.2, -0.15) is 0 Å². The Morgan fingerprint density at radius 1 is 0.500 bits per heavy atom. The summed E-state index contributed by atoms with van der Waals surface area (Å²) in [4.78, 5) is 0. The highest BCUT2D eigenvalue weighted by atomic mass is 32.3. The van der Waals surface area contributed by atoms with Crippen molar-refractivity contribution in [3.05, 3.63) is 0 Å². The summed E-state index contributed by atoms with van der Waals surface area (Å²) < 4.78 is 0. The monoisotopic (exact) mass is 274 g/mol. The Labute approximate surface area is 119 Å². The van der Waals surface area contributed by atoms with Crippen molar-refractivity contribution in [2.75, 3.05) is 23.5 Å². The van der Waals surface area contributed by atoms with Crippen molar-refractivity contribution in [2.24, 2.45) is 0 Å². The van der Waals surface area contributed by atoms with E-state index in [-0.39, 0.29) is 10.0 Å². The van der Waals surface area contributed by atoms with Crippen molar-refractivity contribution in [2.45, 2.75) is 85.0 Å². The second-order valence-corrected chi connectivity index (χ2v) is 10.2. The van der Waals surface area contributed by atoms with E-state index >= 15 is 0 Å². The van der Waals surface area contributed by atoms with Gasteiger partial charge in [-0.05, 0) is 42.8 Å². The normalized spacial score (nSPS) is 12.9. The quantitative estimate of drug-likeness (QED) is 0.342. The van der Waals surface area contributed by atoms with Crippen LogP contribution in [-0.4, -0.2) is 23.5 Å². The van der Waals surface area contributed by atoms with E-state index in [0.717, 1.165) is 0 Å². The van der Waals surface area contributed by atoms with Gasteiger partial charge in [0.25, 0.3) is 0 Å². The zero-order valence-electron chi connectivity index (χ0n) is 13.6. The first-order valence-electron chi connectivity index (χ1n) is 8.40. The van der Waals surface area contributed by atoms with Crippen LogP contribution in [0.15, 0.2) is 0 Å². The molecule has 0 radical (unpaired) electrons. The predicted octanol–water partition coefficient (Wildman–Crippen LogP) is 6.38. The SMILES string of the molecule is CCCCCCS(C)(CCCC)CCCCCC. The second-order valence-electron chi connectivity index (χ2n) is 6.07. The van der Waals surface area contributed by atoms with Crippen molar-refractivity contribution in [1.82, 2.24) is 0 Å². The van der Waals surface area contributed by atoms with E-state index in [0.29, 0.717) is 0 Å². The second kappa shape index (κ2) is 12.4. The summed E-state index contributed by atoms with van der Waals surface area (Å²) >= 11 is 0. The summed E-state index contributed by atoms with van der Waals surface area (Å²) in [6.45, 7) is 6.97. The lowest BCUT2D eigenvalue weighted by Crippen LogP contribution is -2.12. The standard InChI is InChI=1S/C17H38S/c1-5-8-11-13-16-18(4,15-10-7-3)17-14-12-9-6-2/h5-17H2,1-4H3. The van der Waals surface area contributed by atoms with Crippen molar-refractivity contribution < 1.29 is 0 Å². The first-order chi connectivity index (χ1) is 8.68. The third-order valence-corrected chi connectivity index (χ3v) is 7.79. The third-order valence-electron chi connectivity index (χ3n) is 3.97. The van der Waals surface area contributed by atoms with E-state index < -0.39 is 0 Å². The molecule has 0 heterocycles. The first-order valence-corrected chi connectivity index (χ1v) is 10.9. The van der Waals surface area contributed by atoms with Crippen LogP contribution in [0.2, 0.25) is 0 Å². The van der Waals surface area contributed by atoms with Gasteiger partial charge >= 0.3 is 0 Å². The fraction of sp³-hybridized carbons (Fsp3) is 1.00. The molecule has 0 N–H and O–H groups in total. The molecule has 18 heavy (non-hydrogen) atoms. The molecule has 0 aliphatic rings. The number of hydrogen-bond donors (Lipinski definition) is 0. The van der Waals surface area contributed by atoms with Gasteiger partial charge in [0, 0.05) is 0 Å². The molecule has 112 valence electrons. The molecule has 0 spiro atoms. The van der Waals surface area contributed by atoms with Crippen molar-refractivity contribution in [3.63, 3.8) is 0 Å². The van der Waals surface area contributed by atoms with Gasteiger partial charge in [0.15, 0.2) is 0 Å². The minimum atomic E-state index is -0.262. The summed E-state index contributed by atoms with van der Waals surface area (Å²) in [6.07, 6.45) is 17.1. The number of rotatable bonds is 13. The Kier molecular flexibility index (Phi) is 12.6. The zero-order chi connectivity index (χ0) is 13.7. The number of unbranched alkanes of at least 4 members (excludes halogenated alkanes) is 7. The lowest BCUT2D eigenvalue weighted by molar-refractivity contribution is 0.695. The van der Waals surface area contributed by atoms with Gasteiger partial charge in [-0.25, -0.2) is 10.0 Å². The van der Waals surface area contributed by atoms with Crippen LogP contribution >= 0.6 is 10.0 Å². The van der Waals surface area contributed by atoms with E-state index in [4.69, 9.17) is 0 Å². The molecule has 0 unspecified atom stereocenters. The number of hydrogen-bond acceptors (Lipinski definition) is 0. The molecular formula is C17H38S. The molecule has 0 fully saturated rings. The molecule has 0 saturated carbocycles. The van der Waals surface area contributed by atoms with E-state index in [1.807, 2.05) is 0 Å². The van der Waals surface area contributed by atoms with Crippen LogP contribution in [0.25, 0.3) is 0 Å². The van der Waals surface area contributed by atoms with Crippen molar-refractivity contribution in [3.8, 4) is 0 Å². The molecule has 0 rings (SSSR count). The maximum absolute atomic E-state index is 2.64. The highest BCUT2D eigenvalue weighted by Gasteiger charge is 2.16. The topological polar surface area (TPSA) is 0 Å². The van der Waals surface area contributed by atoms with Gasteiger partial charge < -0.3 is 0 Å². The molecule has 0 saturated heterocycles. The van der Waals surface area contributed by atoms with Gasteiger partial charge in [-0.15, -0.1) is 0 Å². The van der Waals surface area contributed by atoms with Crippen LogP contribution in [0.4, 0.5) is 0 Å². The van der Waals surface area contributed by atoms with E-state index in [1.54, 1.807) is 17.3 Å². The highest BCUT2D eigenvalue weighted by molar-refractivity contribution is 8.33. The molecule has 0 nitrogen and oxygen atoms in total. The van der Waals surface area contributed by atoms with E-state index in [9.17, 15) is 0 Å². The zero-order valence-corrected chi connectivity index (χ0v) is 14.4. The van der Waals surface area contributed by atoms with E-state index in [1.165, 1.54) is 64.2 Å². The summed E-state index contributed by atoms with van der Waals surface area (Å²) in [7, 11) is -0.262. The largest absolute Gasteiger partial charge is 0.244 e. The van der Waals surface area contributed by atoms with Crippen molar-refractivity contribution in [1.29, 1.82) is 0 Å². The molecular weight excluding hydrogens is 236 g/mol.